The van der Waals surface area contributed by atoms with Crippen LogP contribution in [-0.4, -0.2) is 20.8 Å². The average molecular weight is 569 g/mol. The first kappa shape index (κ1) is 25.9. The second-order valence-electron chi connectivity index (χ2n) is 8.98. The minimum atomic E-state index is -0.590. The first-order valence-electron chi connectivity index (χ1n) is 12.3. The smallest absolute Gasteiger partial charge is 0.311 e. The Bertz CT molecular complexity index is 2050. The van der Waals surface area contributed by atoms with Crippen LogP contribution >= 0.6 is 11.6 Å². The summed E-state index contributed by atoms with van der Waals surface area (Å²) in [5.41, 5.74) is 0.879. The third-order valence-corrected chi connectivity index (χ3v) is 6.49. The molecule has 0 unspecified atom stereocenters. The quantitative estimate of drug-likeness (QED) is 0.117. The predicted octanol–water partition coefficient (Wildman–Crippen LogP) is 6.97. The van der Waals surface area contributed by atoms with E-state index in [2.05, 4.69) is 10.1 Å². The van der Waals surface area contributed by atoms with E-state index in [4.69, 9.17) is 20.8 Å². The van der Waals surface area contributed by atoms with Crippen LogP contribution in [0, 0.1) is 15.9 Å². The van der Waals surface area contributed by atoms with Crippen molar-refractivity contribution in [3.05, 3.63) is 133 Å². The normalized spacial score (nSPS) is 11.5. The Kier molecular flexibility index (Phi) is 6.74. The minimum Gasteiger partial charge on any atom is -0.481 e. The maximum atomic E-state index is 13.7. The van der Waals surface area contributed by atoms with Gasteiger partial charge in [0, 0.05) is 22.0 Å². The average Bonchev–Trinajstić information content (AvgIpc) is 3.38. The molecule has 4 aromatic carbocycles. The van der Waals surface area contributed by atoms with E-state index in [0.717, 1.165) is 4.68 Å². The van der Waals surface area contributed by atoms with Gasteiger partial charge >= 0.3 is 5.69 Å². The molecule has 0 saturated carbocycles. The number of nitro groups is 1. The number of fused-ring (bicyclic) bond motifs is 2. The van der Waals surface area contributed by atoms with Crippen molar-refractivity contribution >= 4 is 45.4 Å². The lowest BCUT2D eigenvalue weighted by molar-refractivity contribution is -0.385. The van der Waals surface area contributed by atoms with E-state index in [-0.39, 0.29) is 35.2 Å². The molecule has 0 fully saturated rings. The highest BCUT2D eigenvalue weighted by molar-refractivity contribution is 6.31. The number of rotatable bonds is 7. The van der Waals surface area contributed by atoms with Gasteiger partial charge < -0.3 is 9.15 Å². The standard InChI is InChI=1S/C30H18ClFN4O5/c31-21-11-12-26-20(14-21)15-27(41-26)29-34-24-9-2-1-8-23(24)30(37)35(29)33-16-19-6-4-10-25(36(38)39)28(19)40-17-18-5-3-7-22(32)13-18/h1-16H,17H2. The largest absolute Gasteiger partial charge is 0.481 e. The van der Waals surface area contributed by atoms with Gasteiger partial charge in [-0.15, -0.1) is 0 Å². The van der Waals surface area contributed by atoms with Crippen LogP contribution in [0.4, 0.5) is 10.1 Å². The summed E-state index contributed by atoms with van der Waals surface area (Å²) in [5.74, 6) is -0.167. The molecule has 0 bridgehead atoms. The molecular formula is C30H18ClFN4O5. The second-order valence-corrected chi connectivity index (χ2v) is 9.41. The lowest BCUT2D eigenvalue weighted by atomic mass is 10.2. The molecule has 9 nitrogen and oxygen atoms in total. The van der Waals surface area contributed by atoms with E-state index in [0.29, 0.717) is 32.5 Å². The van der Waals surface area contributed by atoms with E-state index >= 15 is 0 Å². The molecule has 6 aromatic rings. The summed E-state index contributed by atoms with van der Waals surface area (Å²) >= 11 is 6.13. The number of ether oxygens (including phenoxy) is 1. The molecule has 2 aromatic heterocycles. The summed E-state index contributed by atoms with van der Waals surface area (Å²) in [4.78, 5) is 29.4. The van der Waals surface area contributed by atoms with Crippen molar-refractivity contribution in [2.24, 2.45) is 5.10 Å². The molecule has 202 valence electrons. The fourth-order valence-corrected chi connectivity index (χ4v) is 4.54. The van der Waals surface area contributed by atoms with Crippen LogP contribution in [0.1, 0.15) is 11.1 Å². The van der Waals surface area contributed by atoms with Gasteiger partial charge in [-0.1, -0.05) is 41.9 Å². The number of nitrogens with zero attached hydrogens (tertiary/aromatic N) is 4. The third-order valence-electron chi connectivity index (χ3n) is 6.26. The van der Waals surface area contributed by atoms with Crippen molar-refractivity contribution in [3.63, 3.8) is 0 Å². The molecule has 0 saturated heterocycles. The lowest BCUT2D eigenvalue weighted by Crippen LogP contribution is -2.20. The number of benzene rings is 4. The zero-order chi connectivity index (χ0) is 28.5. The molecule has 2 heterocycles. The predicted molar refractivity (Wildman–Crippen MR) is 153 cm³/mol. The summed E-state index contributed by atoms with van der Waals surface area (Å²) in [6, 6.07) is 23.6. The van der Waals surface area contributed by atoms with Crippen LogP contribution in [0.3, 0.4) is 0 Å². The molecule has 41 heavy (non-hydrogen) atoms. The van der Waals surface area contributed by atoms with Gasteiger partial charge in [-0.05, 0) is 60.2 Å². The van der Waals surface area contributed by atoms with Crippen LogP contribution in [0.2, 0.25) is 5.02 Å². The van der Waals surface area contributed by atoms with Crippen LogP contribution in [-0.2, 0) is 6.61 Å². The van der Waals surface area contributed by atoms with Gasteiger partial charge in [0.2, 0.25) is 11.6 Å². The highest BCUT2D eigenvalue weighted by atomic mass is 35.5. The zero-order valence-corrected chi connectivity index (χ0v) is 21.8. The second kappa shape index (κ2) is 10.7. The number of nitro benzene ring substituents is 1. The fourth-order valence-electron chi connectivity index (χ4n) is 4.36. The number of hydrogen-bond donors (Lipinski definition) is 0. The topological polar surface area (TPSA) is 113 Å². The van der Waals surface area contributed by atoms with Crippen molar-refractivity contribution in [2.45, 2.75) is 6.61 Å². The van der Waals surface area contributed by atoms with Crippen LogP contribution in [0.25, 0.3) is 33.5 Å². The van der Waals surface area contributed by atoms with Gasteiger partial charge in [0.05, 0.1) is 22.0 Å². The first-order valence-corrected chi connectivity index (χ1v) is 12.7. The molecule has 0 atom stereocenters. The summed E-state index contributed by atoms with van der Waals surface area (Å²) in [7, 11) is 0. The molecule has 11 heteroatoms. The van der Waals surface area contributed by atoms with Crippen molar-refractivity contribution in [3.8, 4) is 17.3 Å². The number of para-hydroxylation sites is 2. The van der Waals surface area contributed by atoms with Crippen molar-refractivity contribution in [1.29, 1.82) is 0 Å². The minimum absolute atomic E-state index is 0.0905. The molecule has 0 aliphatic carbocycles. The number of aromatic nitrogens is 2. The highest BCUT2D eigenvalue weighted by Crippen LogP contribution is 2.32. The van der Waals surface area contributed by atoms with E-state index in [1.165, 1.54) is 36.5 Å². The van der Waals surface area contributed by atoms with E-state index in [1.807, 2.05) is 0 Å². The SMILES string of the molecule is O=c1c2ccccc2nc(-c2cc3cc(Cl)ccc3o2)n1N=Cc1cccc([N+](=O)[O-])c1OCc1cccc(F)c1. The van der Waals surface area contributed by atoms with Crippen molar-refractivity contribution in [1.82, 2.24) is 9.66 Å². The molecule has 0 amide bonds. The summed E-state index contributed by atoms with van der Waals surface area (Å²) < 4.78 is 26.5. The Morgan fingerprint density at radius 1 is 1.05 bits per heavy atom. The van der Waals surface area contributed by atoms with Gasteiger partial charge in [0.15, 0.2) is 5.76 Å². The molecule has 6 rings (SSSR count). The Hall–Kier alpha value is -5.35. The molecule has 0 aliphatic rings. The Morgan fingerprint density at radius 2 is 1.88 bits per heavy atom. The van der Waals surface area contributed by atoms with E-state index < -0.39 is 16.3 Å². The van der Waals surface area contributed by atoms with Gasteiger partial charge in [-0.3, -0.25) is 14.9 Å². The maximum Gasteiger partial charge on any atom is 0.311 e. The summed E-state index contributed by atoms with van der Waals surface area (Å²) in [6.07, 6.45) is 1.27. The highest BCUT2D eigenvalue weighted by Gasteiger charge is 2.20. The molecule has 0 aliphatic heterocycles. The fraction of sp³-hybridized carbons (Fsp3) is 0.0333. The van der Waals surface area contributed by atoms with Crippen LogP contribution in [0.15, 0.2) is 105 Å². The maximum absolute atomic E-state index is 13.7. The van der Waals surface area contributed by atoms with Gasteiger partial charge in [0.1, 0.15) is 18.0 Å². The lowest BCUT2D eigenvalue weighted by Gasteiger charge is -2.10. The number of hydrogen-bond acceptors (Lipinski definition) is 7. The van der Waals surface area contributed by atoms with Crippen LogP contribution in [0.5, 0.6) is 5.75 Å². The van der Waals surface area contributed by atoms with Gasteiger partial charge in [0.25, 0.3) is 5.56 Å². The Balaban J connectivity index is 1.47. The zero-order valence-electron chi connectivity index (χ0n) is 21.0. The Morgan fingerprint density at radius 3 is 2.71 bits per heavy atom. The molecule has 0 spiro atoms. The van der Waals surface area contributed by atoms with Crippen LogP contribution < -0.4 is 10.3 Å². The van der Waals surface area contributed by atoms with Crippen molar-refractivity contribution in [2.75, 3.05) is 0 Å². The van der Waals surface area contributed by atoms with Gasteiger partial charge in [-0.2, -0.15) is 9.78 Å². The van der Waals surface area contributed by atoms with Crippen molar-refractivity contribution < 1.29 is 18.5 Å². The number of halogens is 2. The van der Waals surface area contributed by atoms with E-state index in [1.54, 1.807) is 60.7 Å². The molecule has 0 N–H and O–H groups in total. The third kappa shape index (κ3) is 5.15. The number of furan rings is 1. The summed E-state index contributed by atoms with van der Waals surface area (Å²) in [5, 5.41) is 17.7. The molecule has 0 radical (unpaired) electrons. The van der Waals surface area contributed by atoms with E-state index in [9.17, 15) is 19.3 Å². The molecular weight excluding hydrogens is 551 g/mol. The first-order chi connectivity index (χ1) is 19.9. The van der Waals surface area contributed by atoms with Gasteiger partial charge in [-0.25, -0.2) is 9.37 Å². The summed E-state index contributed by atoms with van der Waals surface area (Å²) in [6.45, 7) is -0.131. The monoisotopic (exact) mass is 568 g/mol. The Labute approximate surface area is 235 Å².